The first-order valence-corrected chi connectivity index (χ1v) is 15.3. The van der Waals surface area contributed by atoms with Crippen LogP contribution in [0.5, 0.6) is 0 Å². The number of benzene rings is 2. The van der Waals surface area contributed by atoms with E-state index in [-0.39, 0.29) is 35.2 Å². The molecule has 0 fully saturated rings. The molecular formula is C36H56N2O3. The quantitative estimate of drug-likeness (QED) is 0.262. The molecular weight excluding hydrogens is 508 g/mol. The highest BCUT2D eigenvalue weighted by atomic mass is 16.2. The van der Waals surface area contributed by atoms with Gasteiger partial charge in [0.1, 0.15) is 11.6 Å². The summed E-state index contributed by atoms with van der Waals surface area (Å²) in [7, 11) is 0. The van der Waals surface area contributed by atoms with Crippen molar-refractivity contribution in [3.8, 4) is 6.07 Å². The minimum atomic E-state index is -0.0805. The molecule has 1 amide bonds. The summed E-state index contributed by atoms with van der Waals surface area (Å²) in [5.41, 5.74) is 3.47. The number of ketones is 2. The maximum atomic E-state index is 12.1. The van der Waals surface area contributed by atoms with Gasteiger partial charge in [0.05, 0.1) is 6.07 Å². The molecule has 2 rings (SSSR count). The molecule has 0 saturated carbocycles. The van der Waals surface area contributed by atoms with E-state index in [2.05, 4.69) is 63.3 Å². The molecule has 0 aliphatic carbocycles. The molecule has 0 aliphatic heterocycles. The number of nitriles is 1. The van der Waals surface area contributed by atoms with Crippen LogP contribution >= 0.6 is 0 Å². The van der Waals surface area contributed by atoms with Crippen LogP contribution in [0.1, 0.15) is 111 Å². The number of anilines is 1. The number of carbonyl (C=O) groups is 3. The first kappa shape index (κ1) is 39.9. The number of hydrogen-bond acceptors (Lipinski definition) is 4. The molecule has 1 N–H and O–H groups in total. The number of rotatable bonds is 13. The Balaban J connectivity index is 0. The predicted octanol–water partition coefficient (Wildman–Crippen LogP) is 9.67. The number of nitrogens with zero attached hydrogens (tertiary/aromatic N) is 1. The Kier molecular flexibility index (Phi) is 25.0. The Morgan fingerprint density at radius 1 is 0.829 bits per heavy atom. The standard InChI is InChI=1S/C15H20N2O.C11H20O2.C8H10.C2H6/c1-3-7-13(10-12(2)11-16)15(18)17-14-8-5-4-6-9-14;1-4-5-6-9(2)11(13)8-7-10(3)12;1-7-3-5-8(2)6-4-7;1-2/h4-6,8-9,12-13H,3,7,10H2,1-2H3,(H,17,18);9H,4-8H2,1-3H3;3-6H,1-2H3;1-2H3. The number of Topliss-reactive ketones (excluding diaryl/α,β-unsaturated/α-hetero) is 2. The number of aryl methyl sites for hydroxylation is 2. The van der Waals surface area contributed by atoms with Gasteiger partial charge in [0, 0.05) is 36.3 Å². The van der Waals surface area contributed by atoms with Gasteiger partial charge < -0.3 is 10.1 Å². The lowest BCUT2D eigenvalue weighted by Gasteiger charge is -2.17. The zero-order valence-corrected chi connectivity index (χ0v) is 27.3. The van der Waals surface area contributed by atoms with E-state index >= 15 is 0 Å². The predicted molar refractivity (Wildman–Crippen MR) is 174 cm³/mol. The Labute approximate surface area is 251 Å². The van der Waals surface area contributed by atoms with Gasteiger partial charge in [0.15, 0.2) is 0 Å². The summed E-state index contributed by atoms with van der Waals surface area (Å²) >= 11 is 0. The first-order chi connectivity index (χ1) is 19.5. The number of para-hydroxylation sites is 1. The molecule has 3 unspecified atom stereocenters. The number of carbonyl (C=O) groups excluding carboxylic acids is 3. The molecule has 0 aromatic heterocycles. The molecule has 2 aromatic carbocycles. The fraction of sp³-hybridized carbons (Fsp3) is 0.556. The van der Waals surface area contributed by atoms with Crippen molar-refractivity contribution in [3.05, 3.63) is 65.7 Å². The van der Waals surface area contributed by atoms with Crippen LogP contribution in [0.2, 0.25) is 0 Å². The van der Waals surface area contributed by atoms with E-state index in [9.17, 15) is 14.4 Å². The number of hydrogen-bond donors (Lipinski definition) is 1. The van der Waals surface area contributed by atoms with E-state index in [1.165, 1.54) is 18.1 Å². The van der Waals surface area contributed by atoms with E-state index in [1.54, 1.807) is 0 Å². The highest BCUT2D eigenvalue weighted by Crippen LogP contribution is 2.19. The van der Waals surface area contributed by atoms with Crippen molar-refractivity contribution in [2.45, 2.75) is 114 Å². The number of unbranched alkanes of at least 4 members (excludes halogenated alkanes) is 1. The summed E-state index contributed by atoms with van der Waals surface area (Å²) in [6.07, 6.45) is 6.44. The third-order valence-corrected chi connectivity index (χ3v) is 6.39. The van der Waals surface area contributed by atoms with Crippen molar-refractivity contribution in [1.29, 1.82) is 5.26 Å². The molecule has 0 radical (unpaired) electrons. The zero-order chi connectivity index (χ0) is 31.6. The molecule has 0 spiro atoms. The number of nitrogens with one attached hydrogen (secondary N) is 1. The SMILES string of the molecule is CC.CCCC(CC(C)C#N)C(=O)Nc1ccccc1.CCCCC(C)C(=O)CCC(C)=O.Cc1ccc(C)cc1. The van der Waals surface area contributed by atoms with E-state index in [1.807, 2.05) is 58.0 Å². The van der Waals surface area contributed by atoms with Crippen molar-refractivity contribution in [1.82, 2.24) is 0 Å². The molecule has 2 aromatic rings. The average Bonchev–Trinajstić information content (AvgIpc) is 2.98. The van der Waals surface area contributed by atoms with Crippen molar-refractivity contribution in [3.63, 3.8) is 0 Å². The summed E-state index contributed by atoms with van der Waals surface area (Å²) in [4.78, 5) is 34.2. The van der Waals surface area contributed by atoms with Crippen LogP contribution in [0, 0.1) is 42.9 Å². The minimum absolute atomic E-state index is 0.0187. The molecule has 228 valence electrons. The van der Waals surface area contributed by atoms with Crippen molar-refractivity contribution in [2.75, 3.05) is 5.32 Å². The number of amides is 1. The van der Waals surface area contributed by atoms with Gasteiger partial charge in [-0.15, -0.1) is 0 Å². The highest BCUT2D eigenvalue weighted by molar-refractivity contribution is 5.92. The highest BCUT2D eigenvalue weighted by Gasteiger charge is 2.20. The average molecular weight is 565 g/mol. The van der Waals surface area contributed by atoms with Crippen molar-refractivity contribution < 1.29 is 14.4 Å². The molecule has 5 heteroatoms. The van der Waals surface area contributed by atoms with Gasteiger partial charge in [-0.3, -0.25) is 9.59 Å². The van der Waals surface area contributed by atoms with Crippen LogP contribution in [0.25, 0.3) is 0 Å². The summed E-state index contributed by atoms with van der Waals surface area (Å²) < 4.78 is 0. The minimum Gasteiger partial charge on any atom is -0.326 e. The normalized spacial score (nSPS) is 11.8. The van der Waals surface area contributed by atoms with Gasteiger partial charge >= 0.3 is 0 Å². The second kappa shape index (κ2) is 25.7. The summed E-state index contributed by atoms with van der Waals surface area (Å²) in [5.74, 6) is 0.345. The van der Waals surface area contributed by atoms with Gasteiger partial charge in [-0.05, 0) is 59.1 Å². The monoisotopic (exact) mass is 564 g/mol. The van der Waals surface area contributed by atoms with Crippen LogP contribution in [0.15, 0.2) is 54.6 Å². The lowest BCUT2D eigenvalue weighted by Crippen LogP contribution is -2.24. The van der Waals surface area contributed by atoms with Gasteiger partial charge in [-0.25, -0.2) is 0 Å². The third-order valence-electron chi connectivity index (χ3n) is 6.39. The van der Waals surface area contributed by atoms with Crippen LogP contribution in [-0.2, 0) is 14.4 Å². The summed E-state index contributed by atoms with van der Waals surface area (Å²) in [6.45, 7) is 17.7. The lowest BCUT2D eigenvalue weighted by atomic mass is 9.92. The molecule has 3 atom stereocenters. The fourth-order valence-electron chi connectivity index (χ4n) is 3.80. The largest absolute Gasteiger partial charge is 0.326 e. The molecule has 0 bridgehead atoms. The second-order valence-corrected chi connectivity index (χ2v) is 10.5. The molecule has 5 nitrogen and oxygen atoms in total. The smallest absolute Gasteiger partial charge is 0.227 e. The molecule has 0 heterocycles. The third kappa shape index (κ3) is 22.2. The van der Waals surface area contributed by atoms with Crippen LogP contribution in [0.4, 0.5) is 5.69 Å². The van der Waals surface area contributed by atoms with E-state index in [0.29, 0.717) is 19.3 Å². The van der Waals surface area contributed by atoms with Gasteiger partial charge in [-0.1, -0.05) is 107 Å². The molecule has 0 saturated heterocycles. The summed E-state index contributed by atoms with van der Waals surface area (Å²) in [6, 6.07) is 20.1. The van der Waals surface area contributed by atoms with Gasteiger partial charge in [0.2, 0.25) is 5.91 Å². The second-order valence-electron chi connectivity index (χ2n) is 10.5. The topological polar surface area (TPSA) is 87.0 Å². The lowest BCUT2D eigenvalue weighted by molar-refractivity contribution is -0.125. The van der Waals surface area contributed by atoms with Crippen molar-refractivity contribution >= 4 is 23.2 Å². The van der Waals surface area contributed by atoms with Crippen LogP contribution < -0.4 is 5.32 Å². The maximum Gasteiger partial charge on any atom is 0.227 e. The Hall–Kier alpha value is -3.26. The Morgan fingerprint density at radius 3 is 1.80 bits per heavy atom. The zero-order valence-electron chi connectivity index (χ0n) is 27.3. The maximum absolute atomic E-state index is 12.1. The van der Waals surface area contributed by atoms with E-state index < -0.39 is 0 Å². The van der Waals surface area contributed by atoms with Crippen molar-refractivity contribution in [2.24, 2.45) is 17.8 Å². The molecule has 41 heavy (non-hydrogen) atoms. The fourth-order valence-corrected chi connectivity index (χ4v) is 3.80. The Morgan fingerprint density at radius 2 is 1.37 bits per heavy atom. The first-order valence-electron chi connectivity index (χ1n) is 15.3. The van der Waals surface area contributed by atoms with Gasteiger partial charge in [0.25, 0.3) is 0 Å². The Bertz CT molecular complexity index is 973. The van der Waals surface area contributed by atoms with E-state index in [0.717, 1.165) is 37.8 Å². The van der Waals surface area contributed by atoms with E-state index in [4.69, 9.17) is 5.26 Å². The van der Waals surface area contributed by atoms with Gasteiger partial charge in [-0.2, -0.15) is 5.26 Å². The molecule has 0 aliphatic rings. The summed E-state index contributed by atoms with van der Waals surface area (Å²) in [5, 5.41) is 11.7. The van der Waals surface area contributed by atoms with Crippen LogP contribution in [0.3, 0.4) is 0 Å². The van der Waals surface area contributed by atoms with Crippen LogP contribution in [-0.4, -0.2) is 17.5 Å².